The first-order chi connectivity index (χ1) is 11.2. The maximum Gasteiger partial charge on any atom is 0.244 e. The summed E-state index contributed by atoms with van der Waals surface area (Å²) in [4.78, 5) is 22.6. The summed E-state index contributed by atoms with van der Waals surface area (Å²) in [7, 11) is 0. The molecule has 0 bridgehead atoms. The van der Waals surface area contributed by atoms with Crippen LogP contribution in [0.15, 0.2) is 30.9 Å². The van der Waals surface area contributed by atoms with Gasteiger partial charge in [0.1, 0.15) is 12.9 Å². The van der Waals surface area contributed by atoms with Gasteiger partial charge in [-0.3, -0.25) is 9.48 Å². The summed E-state index contributed by atoms with van der Waals surface area (Å²) in [5.74, 6) is 0.0832. The second-order valence-electron chi connectivity index (χ2n) is 5.73. The van der Waals surface area contributed by atoms with Crippen LogP contribution in [-0.2, 0) is 22.5 Å². The molecular formula is C16H21N5O2. The second kappa shape index (κ2) is 7.32. The summed E-state index contributed by atoms with van der Waals surface area (Å²) >= 11 is 0. The molecule has 1 amide bonds. The lowest BCUT2D eigenvalue weighted by atomic mass is 10.1. The Morgan fingerprint density at radius 2 is 2.35 bits per heavy atom. The highest BCUT2D eigenvalue weighted by molar-refractivity contribution is 5.76. The Hall–Kier alpha value is -2.28. The first kappa shape index (κ1) is 15.6. The Labute approximate surface area is 135 Å². The minimum Gasteiger partial charge on any atom is -0.375 e. The van der Waals surface area contributed by atoms with Crippen LogP contribution in [0.4, 0.5) is 0 Å². The fourth-order valence-corrected chi connectivity index (χ4v) is 2.71. The molecule has 1 unspecified atom stereocenters. The molecule has 122 valence electrons. The molecule has 0 spiro atoms. The minimum absolute atomic E-state index is 0.0561. The van der Waals surface area contributed by atoms with Crippen molar-refractivity contribution in [1.82, 2.24) is 24.6 Å². The molecule has 0 aliphatic carbocycles. The van der Waals surface area contributed by atoms with Gasteiger partial charge in [0, 0.05) is 36.9 Å². The molecule has 0 N–H and O–H groups in total. The van der Waals surface area contributed by atoms with Crippen molar-refractivity contribution < 1.29 is 9.53 Å². The molecule has 7 heteroatoms. The van der Waals surface area contributed by atoms with E-state index in [0.717, 1.165) is 24.2 Å². The molecule has 0 saturated carbocycles. The number of aryl methyl sites for hydroxylation is 2. The van der Waals surface area contributed by atoms with E-state index in [1.165, 1.54) is 0 Å². The highest BCUT2D eigenvalue weighted by Gasteiger charge is 2.24. The van der Waals surface area contributed by atoms with Crippen LogP contribution in [0.5, 0.6) is 0 Å². The average Bonchev–Trinajstić information content (AvgIpc) is 3.06. The zero-order valence-corrected chi connectivity index (χ0v) is 13.3. The quantitative estimate of drug-likeness (QED) is 0.817. The van der Waals surface area contributed by atoms with Crippen LogP contribution in [0.3, 0.4) is 0 Å². The maximum atomic E-state index is 12.3. The van der Waals surface area contributed by atoms with E-state index >= 15 is 0 Å². The summed E-state index contributed by atoms with van der Waals surface area (Å²) < 4.78 is 7.44. The van der Waals surface area contributed by atoms with Crippen molar-refractivity contribution in [2.45, 2.75) is 32.4 Å². The van der Waals surface area contributed by atoms with Crippen molar-refractivity contribution in [3.8, 4) is 0 Å². The molecule has 1 saturated heterocycles. The van der Waals surface area contributed by atoms with Gasteiger partial charge in [0.05, 0.1) is 12.7 Å². The van der Waals surface area contributed by atoms with Gasteiger partial charge in [-0.15, -0.1) is 0 Å². The van der Waals surface area contributed by atoms with Gasteiger partial charge < -0.3 is 9.64 Å². The number of ether oxygens (including phenoxy) is 1. The summed E-state index contributed by atoms with van der Waals surface area (Å²) in [6.45, 7) is 4.09. The first-order valence-electron chi connectivity index (χ1n) is 7.85. The standard InChI is InChI=1S/C16H21N5O2/c1-13-9-14(18-12-17-13)3-4-15-10-20(7-8-23-15)16(22)11-21-6-2-5-19-21/h2,5-6,9,12,15H,3-4,7-8,10-11H2,1H3. The zero-order valence-electron chi connectivity index (χ0n) is 13.3. The monoisotopic (exact) mass is 315 g/mol. The summed E-state index contributed by atoms with van der Waals surface area (Å²) in [6.07, 6.45) is 6.80. The third-order valence-corrected chi connectivity index (χ3v) is 3.93. The normalized spacial score (nSPS) is 18.1. The molecule has 1 fully saturated rings. The van der Waals surface area contributed by atoms with Crippen LogP contribution in [0, 0.1) is 6.92 Å². The van der Waals surface area contributed by atoms with E-state index in [4.69, 9.17) is 4.74 Å². The zero-order chi connectivity index (χ0) is 16.1. The fourth-order valence-electron chi connectivity index (χ4n) is 2.71. The predicted octanol–water partition coefficient (Wildman–Crippen LogP) is 0.842. The molecule has 2 aromatic rings. The number of morpholine rings is 1. The second-order valence-corrected chi connectivity index (χ2v) is 5.73. The van der Waals surface area contributed by atoms with E-state index in [9.17, 15) is 4.79 Å². The third kappa shape index (κ3) is 4.35. The molecule has 3 heterocycles. The van der Waals surface area contributed by atoms with Crippen molar-refractivity contribution in [2.24, 2.45) is 0 Å². The molecule has 1 aliphatic rings. The van der Waals surface area contributed by atoms with E-state index in [1.54, 1.807) is 23.4 Å². The molecule has 7 nitrogen and oxygen atoms in total. The van der Waals surface area contributed by atoms with E-state index in [-0.39, 0.29) is 18.6 Å². The van der Waals surface area contributed by atoms with Gasteiger partial charge in [-0.1, -0.05) is 0 Å². The Morgan fingerprint density at radius 1 is 1.43 bits per heavy atom. The number of amides is 1. The largest absolute Gasteiger partial charge is 0.375 e. The minimum atomic E-state index is 0.0561. The van der Waals surface area contributed by atoms with Crippen LogP contribution in [0.25, 0.3) is 0 Å². The van der Waals surface area contributed by atoms with E-state index in [0.29, 0.717) is 19.7 Å². The predicted molar refractivity (Wildman–Crippen MR) is 83.6 cm³/mol. The highest BCUT2D eigenvalue weighted by Crippen LogP contribution is 2.12. The van der Waals surface area contributed by atoms with E-state index < -0.39 is 0 Å². The number of nitrogens with zero attached hydrogens (tertiary/aromatic N) is 5. The number of carbonyl (C=O) groups excluding carboxylic acids is 1. The number of rotatable bonds is 5. The lowest BCUT2D eigenvalue weighted by Gasteiger charge is -2.33. The van der Waals surface area contributed by atoms with Crippen molar-refractivity contribution in [3.63, 3.8) is 0 Å². The van der Waals surface area contributed by atoms with Gasteiger partial charge in [-0.05, 0) is 31.9 Å². The van der Waals surface area contributed by atoms with Crippen LogP contribution in [0.2, 0.25) is 0 Å². The molecule has 2 aromatic heterocycles. The number of carbonyl (C=O) groups is 1. The fraction of sp³-hybridized carbons (Fsp3) is 0.500. The van der Waals surface area contributed by atoms with Gasteiger partial charge in [-0.25, -0.2) is 9.97 Å². The molecular weight excluding hydrogens is 294 g/mol. The van der Waals surface area contributed by atoms with Gasteiger partial charge >= 0.3 is 0 Å². The molecule has 1 aliphatic heterocycles. The summed E-state index contributed by atoms with van der Waals surface area (Å²) in [6, 6.07) is 3.81. The van der Waals surface area contributed by atoms with Gasteiger partial charge in [0.15, 0.2) is 0 Å². The number of hydrogen-bond acceptors (Lipinski definition) is 5. The van der Waals surface area contributed by atoms with Gasteiger partial charge in [0.25, 0.3) is 0 Å². The highest BCUT2D eigenvalue weighted by atomic mass is 16.5. The first-order valence-corrected chi connectivity index (χ1v) is 7.85. The molecule has 3 rings (SSSR count). The van der Waals surface area contributed by atoms with Gasteiger partial charge in [0.2, 0.25) is 5.91 Å². The van der Waals surface area contributed by atoms with Crippen molar-refractivity contribution in [3.05, 3.63) is 42.2 Å². The van der Waals surface area contributed by atoms with E-state index in [1.807, 2.05) is 24.0 Å². The van der Waals surface area contributed by atoms with Crippen LogP contribution < -0.4 is 0 Å². The van der Waals surface area contributed by atoms with Crippen LogP contribution in [-0.4, -0.2) is 56.4 Å². The summed E-state index contributed by atoms with van der Waals surface area (Å²) in [5.41, 5.74) is 1.98. The van der Waals surface area contributed by atoms with E-state index in [2.05, 4.69) is 15.1 Å². The third-order valence-electron chi connectivity index (χ3n) is 3.93. The number of aromatic nitrogens is 4. The van der Waals surface area contributed by atoms with Crippen molar-refractivity contribution >= 4 is 5.91 Å². The van der Waals surface area contributed by atoms with Crippen molar-refractivity contribution in [2.75, 3.05) is 19.7 Å². The average molecular weight is 315 g/mol. The lowest BCUT2D eigenvalue weighted by molar-refractivity contribution is -0.139. The Balaban J connectivity index is 1.50. The van der Waals surface area contributed by atoms with Crippen LogP contribution in [0.1, 0.15) is 17.8 Å². The SMILES string of the molecule is Cc1cc(CCC2CN(C(=O)Cn3cccn3)CCO2)ncn1. The maximum absolute atomic E-state index is 12.3. The topological polar surface area (TPSA) is 73.1 Å². The molecule has 0 aromatic carbocycles. The number of hydrogen-bond donors (Lipinski definition) is 0. The Bertz CT molecular complexity index is 644. The Kier molecular flexibility index (Phi) is 4.97. The Morgan fingerprint density at radius 3 is 3.13 bits per heavy atom. The van der Waals surface area contributed by atoms with Crippen LogP contribution >= 0.6 is 0 Å². The molecule has 1 atom stereocenters. The molecule has 23 heavy (non-hydrogen) atoms. The molecule has 0 radical (unpaired) electrons. The summed E-state index contributed by atoms with van der Waals surface area (Å²) in [5, 5.41) is 4.08. The lowest BCUT2D eigenvalue weighted by Crippen LogP contribution is -2.46. The van der Waals surface area contributed by atoms with Crippen molar-refractivity contribution in [1.29, 1.82) is 0 Å². The smallest absolute Gasteiger partial charge is 0.244 e. The van der Waals surface area contributed by atoms with Gasteiger partial charge in [-0.2, -0.15) is 5.10 Å².